The lowest BCUT2D eigenvalue weighted by molar-refractivity contribution is -0.141. The van der Waals surface area contributed by atoms with E-state index in [-0.39, 0.29) is 18.4 Å². The molecule has 0 aromatic rings. The zero-order chi connectivity index (χ0) is 14.1. The first-order chi connectivity index (χ1) is 8.38. The van der Waals surface area contributed by atoms with Gasteiger partial charge in [-0.15, -0.1) is 0 Å². The molecule has 0 bridgehead atoms. The molecule has 0 aromatic heterocycles. The largest absolute Gasteiger partial charge is 0.481 e. The van der Waals surface area contributed by atoms with E-state index in [9.17, 15) is 4.79 Å². The molecule has 0 aliphatic carbocycles. The third-order valence-corrected chi connectivity index (χ3v) is 3.30. The first-order valence-electron chi connectivity index (χ1n) is 6.53. The van der Waals surface area contributed by atoms with E-state index in [0.717, 1.165) is 24.8 Å². The molecule has 18 heavy (non-hydrogen) atoms. The second-order valence-electron chi connectivity index (χ2n) is 5.14. The van der Waals surface area contributed by atoms with E-state index in [4.69, 9.17) is 10.2 Å². The molecule has 0 spiro atoms. The Balaban J connectivity index is 3.98. The second-order valence-corrected chi connectivity index (χ2v) is 5.14. The van der Waals surface area contributed by atoms with Crippen molar-refractivity contribution in [3.05, 3.63) is 23.8 Å². The predicted octanol–water partition coefficient (Wildman–Crippen LogP) is 3.40. The van der Waals surface area contributed by atoms with E-state index in [2.05, 4.69) is 19.6 Å². The zero-order valence-corrected chi connectivity index (χ0v) is 11.8. The molecule has 3 heteroatoms. The van der Waals surface area contributed by atoms with Gasteiger partial charge in [-0.1, -0.05) is 30.7 Å². The number of hydrogen-bond acceptors (Lipinski definition) is 2. The summed E-state index contributed by atoms with van der Waals surface area (Å²) in [6.45, 7) is 9.71. The van der Waals surface area contributed by atoms with E-state index >= 15 is 0 Å². The number of carbonyl (C=O) groups is 1. The Morgan fingerprint density at radius 2 is 2.00 bits per heavy atom. The molecule has 3 nitrogen and oxygen atoms in total. The van der Waals surface area contributed by atoms with E-state index in [1.54, 1.807) is 6.92 Å². The van der Waals surface area contributed by atoms with E-state index < -0.39 is 5.97 Å². The lowest BCUT2D eigenvalue weighted by atomic mass is 9.96. The van der Waals surface area contributed by atoms with E-state index in [1.807, 2.05) is 6.92 Å². The first-order valence-corrected chi connectivity index (χ1v) is 6.53. The first kappa shape index (κ1) is 16.9. The van der Waals surface area contributed by atoms with Crippen LogP contribution in [-0.2, 0) is 4.79 Å². The monoisotopic (exact) mass is 254 g/mol. The summed E-state index contributed by atoms with van der Waals surface area (Å²) in [7, 11) is 0. The van der Waals surface area contributed by atoms with Crippen molar-refractivity contribution in [1.82, 2.24) is 0 Å². The van der Waals surface area contributed by atoms with Crippen molar-refractivity contribution in [3.63, 3.8) is 0 Å². The number of carboxylic acids is 1. The summed E-state index contributed by atoms with van der Waals surface area (Å²) >= 11 is 0. The highest BCUT2D eigenvalue weighted by Gasteiger charge is 2.10. The zero-order valence-electron chi connectivity index (χ0n) is 11.8. The molecule has 0 aromatic carbocycles. The highest BCUT2D eigenvalue weighted by atomic mass is 16.4. The summed E-state index contributed by atoms with van der Waals surface area (Å²) in [5.41, 5.74) is 2.26. The maximum atomic E-state index is 10.7. The van der Waals surface area contributed by atoms with Crippen LogP contribution < -0.4 is 0 Å². The van der Waals surface area contributed by atoms with Gasteiger partial charge in [0.25, 0.3) is 0 Å². The van der Waals surface area contributed by atoms with Crippen molar-refractivity contribution in [2.24, 2.45) is 11.8 Å². The van der Waals surface area contributed by atoms with Gasteiger partial charge in [-0.05, 0) is 39.5 Å². The molecule has 0 saturated heterocycles. The van der Waals surface area contributed by atoms with Crippen LogP contribution in [0.5, 0.6) is 0 Å². The van der Waals surface area contributed by atoms with Crippen LogP contribution in [0, 0.1) is 11.8 Å². The average molecular weight is 254 g/mol. The predicted molar refractivity (Wildman–Crippen MR) is 74.4 cm³/mol. The number of carboxylic acid groups (broad SMARTS) is 1. The summed E-state index contributed by atoms with van der Waals surface area (Å²) < 4.78 is 0. The third-order valence-electron chi connectivity index (χ3n) is 3.30. The van der Waals surface area contributed by atoms with Gasteiger partial charge in [-0.2, -0.15) is 0 Å². The molecule has 0 rings (SSSR count). The summed E-state index contributed by atoms with van der Waals surface area (Å²) in [5, 5.41) is 17.9. The summed E-state index contributed by atoms with van der Waals surface area (Å²) in [4.78, 5) is 10.7. The van der Waals surface area contributed by atoms with Crippen molar-refractivity contribution in [3.8, 4) is 0 Å². The lowest BCUT2D eigenvalue weighted by Gasteiger charge is -2.12. The normalized spacial score (nSPS) is 15.2. The SMILES string of the molecule is C=C(C)C(CO)C/C=C(\C)CCCC(C)C(=O)O. The van der Waals surface area contributed by atoms with Gasteiger partial charge in [0.2, 0.25) is 0 Å². The molecule has 0 aliphatic heterocycles. The molecule has 0 radical (unpaired) electrons. The number of allylic oxidation sites excluding steroid dienone is 2. The summed E-state index contributed by atoms with van der Waals surface area (Å²) in [5.74, 6) is -0.851. The fourth-order valence-corrected chi connectivity index (χ4v) is 1.69. The Labute approximate surface area is 110 Å². The van der Waals surface area contributed by atoms with Crippen LogP contribution in [0.3, 0.4) is 0 Å². The van der Waals surface area contributed by atoms with Crippen molar-refractivity contribution in [2.75, 3.05) is 6.61 Å². The standard InChI is InChI=1S/C15H26O3/c1-11(2)14(10-16)9-8-12(3)6-5-7-13(4)15(17)18/h8,13-14,16H,1,5-7,9-10H2,2-4H3,(H,17,18)/b12-8+. The van der Waals surface area contributed by atoms with Crippen LogP contribution in [0.2, 0.25) is 0 Å². The highest BCUT2D eigenvalue weighted by molar-refractivity contribution is 5.69. The van der Waals surface area contributed by atoms with Gasteiger partial charge in [-0.3, -0.25) is 4.79 Å². The fraction of sp³-hybridized carbons (Fsp3) is 0.667. The number of hydrogen-bond donors (Lipinski definition) is 2. The maximum absolute atomic E-state index is 10.7. The van der Waals surface area contributed by atoms with Gasteiger partial charge in [-0.25, -0.2) is 0 Å². The smallest absolute Gasteiger partial charge is 0.306 e. The molecule has 2 atom stereocenters. The molecule has 104 valence electrons. The lowest BCUT2D eigenvalue weighted by Crippen LogP contribution is -2.09. The van der Waals surface area contributed by atoms with E-state index in [1.165, 1.54) is 5.57 Å². The van der Waals surface area contributed by atoms with Crippen LogP contribution in [0.4, 0.5) is 0 Å². The molecule has 2 N–H and O–H groups in total. The molecule has 0 saturated carbocycles. The van der Waals surface area contributed by atoms with Crippen molar-refractivity contribution >= 4 is 5.97 Å². The molecule has 2 unspecified atom stereocenters. The number of aliphatic hydroxyl groups excluding tert-OH is 1. The van der Waals surface area contributed by atoms with Crippen molar-refractivity contribution in [1.29, 1.82) is 0 Å². The minimum atomic E-state index is -0.723. The Hall–Kier alpha value is -1.09. The number of aliphatic carboxylic acids is 1. The van der Waals surface area contributed by atoms with Gasteiger partial charge in [0.1, 0.15) is 0 Å². The Bertz CT molecular complexity index is 305. The summed E-state index contributed by atoms with van der Waals surface area (Å²) in [6.07, 6.45) is 5.47. The molecule has 0 aliphatic rings. The van der Waals surface area contributed by atoms with Gasteiger partial charge in [0.15, 0.2) is 0 Å². The molecular formula is C15H26O3. The average Bonchev–Trinajstić information content (AvgIpc) is 2.29. The summed E-state index contributed by atoms with van der Waals surface area (Å²) in [6, 6.07) is 0. The Kier molecular flexibility index (Phi) is 8.38. The van der Waals surface area contributed by atoms with Crippen LogP contribution in [0.15, 0.2) is 23.8 Å². The Morgan fingerprint density at radius 1 is 1.39 bits per heavy atom. The quantitative estimate of drug-likeness (QED) is 0.620. The highest BCUT2D eigenvalue weighted by Crippen LogP contribution is 2.17. The minimum Gasteiger partial charge on any atom is -0.481 e. The van der Waals surface area contributed by atoms with E-state index in [0.29, 0.717) is 6.42 Å². The molecular weight excluding hydrogens is 228 g/mol. The number of aliphatic hydroxyl groups is 1. The van der Waals surface area contributed by atoms with Gasteiger partial charge in [0, 0.05) is 12.5 Å². The minimum absolute atomic E-state index is 0.134. The van der Waals surface area contributed by atoms with Crippen LogP contribution in [0.1, 0.15) is 46.5 Å². The molecule has 0 heterocycles. The van der Waals surface area contributed by atoms with Crippen LogP contribution in [-0.4, -0.2) is 22.8 Å². The van der Waals surface area contributed by atoms with Gasteiger partial charge < -0.3 is 10.2 Å². The third kappa shape index (κ3) is 7.28. The molecule has 0 amide bonds. The fourth-order valence-electron chi connectivity index (χ4n) is 1.69. The van der Waals surface area contributed by atoms with Crippen molar-refractivity contribution in [2.45, 2.75) is 46.5 Å². The van der Waals surface area contributed by atoms with Gasteiger partial charge in [0.05, 0.1) is 5.92 Å². The van der Waals surface area contributed by atoms with Gasteiger partial charge >= 0.3 is 5.97 Å². The topological polar surface area (TPSA) is 57.5 Å². The second kappa shape index (κ2) is 8.92. The van der Waals surface area contributed by atoms with Crippen LogP contribution >= 0.6 is 0 Å². The molecule has 0 fully saturated rings. The van der Waals surface area contributed by atoms with Crippen LogP contribution in [0.25, 0.3) is 0 Å². The van der Waals surface area contributed by atoms with Crippen molar-refractivity contribution < 1.29 is 15.0 Å². The Morgan fingerprint density at radius 3 is 2.44 bits per heavy atom. The maximum Gasteiger partial charge on any atom is 0.306 e. The number of rotatable bonds is 9.